The lowest BCUT2D eigenvalue weighted by atomic mass is 10.0. The Morgan fingerprint density at radius 1 is 1.30 bits per heavy atom. The monoisotopic (exact) mass is 338 g/mol. The molecule has 3 rings (SSSR count). The largest absolute Gasteiger partial charge is 0.495 e. The fraction of sp³-hybridized carbons (Fsp3) is 0.625. The van der Waals surface area contributed by atoms with E-state index in [9.17, 15) is 0 Å². The first-order chi connectivity index (χ1) is 9.79. The van der Waals surface area contributed by atoms with Crippen molar-refractivity contribution in [2.45, 2.75) is 25.7 Å². The van der Waals surface area contributed by atoms with E-state index >= 15 is 0 Å². The van der Waals surface area contributed by atoms with Crippen molar-refractivity contribution < 1.29 is 4.74 Å². The molecule has 4 heteroatoms. The van der Waals surface area contributed by atoms with E-state index in [-0.39, 0.29) is 0 Å². The summed E-state index contributed by atoms with van der Waals surface area (Å²) >= 11 is 3.76. The molecule has 1 N–H and O–H groups in total. The molecule has 110 valence electrons. The van der Waals surface area contributed by atoms with Crippen LogP contribution in [-0.4, -0.2) is 44.7 Å². The molecule has 20 heavy (non-hydrogen) atoms. The van der Waals surface area contributed by atoms with Gasteiger partial charge in [-0.05, 0) is 58.3 Å². The predicted molar refractivity (Wildman–Crippen MR) is 85.7 cm³/mol. The van der Waals surface area contributed by atoms with Crippen LogP contribution in [0.1, 0.15) is 23.1 Å². The third-order valence-corrected chi connectivity index (χ3v) is 5.31. The number of rotatable bonds is 4. The number of hydrogen-bond acceptors (Lipinski definition) is 3. The second-order valence-corrected chi connectivity index (χ2v) is 6.51. The number of halogens is 1. The molecule has 0 saturated carbocycles. The molecule has 0 aromatic heterocycles. The van der Waals surface area contributed by atoms with E-state index in [1.165, 1.54) is 40.4 Å². The SMILES string of the molecule is COc1c(CCN2CCNCC2)cc2c(c1Br)CCC2. The van der Waals surface area contributed by atoms with Crippen molar-refractivity contribution >= 4 is 15.9 Å². The van der Waals surface area contributed by atoms with Crippen molar-refractivity contribution in [1.82, 2.24) is 10.2 Å². The minimum absolute atomic E-state index is 1.06. The second-order valence-electron chi connectivity index (χ2n) is 5.72. The Balaban J connectivity index is 1.76. The third-order valence-electron chi connectivity index (χ3n) is 4.48. The summed E-state index contributed by atoms with van der Waals surface area (Å²) in [7, 11) is 1.79. The first-order valence-corrected chi connectivity index (χ1v) is 8.39. The summed E-state index contributed by atoms with van der Waals surface area (Å²) in [5.41, 5.74) is 4.35. The average Bonchev–Trinajstić information content (AvgIpc) is 2.95. The van der Waals surface area contributed by atoms with Gasteiger partial charge >= 0.3 is 0 Å². The van der Waals surface area contributed by atoms with Gasteiger partial charge in [-0.1, -0.05) is 6.07 Å². The number of ether oxygens (including phenoxy) is 1. The summed E-state index contributed by atoms with van der Waals surface area (Å²) < 4.78 is 6.86. The van der Waals surface area contributed by atoms with Gasteiger partial charge in [-0.15, -0.1) is 0 Å². The number of hydrogen-bond donors (Lipinski definition) is 1. The zero-order valence-electron chi connectivity index (χ0n) is 12.2. The van der Waals surface area contributed by atoms with Gasteiger partial charge in [-0.3, -0.25) is 0 Å². The van der Waals surface area contributed by atoms with Crippen LogP contribution in [0.25, 0.3) is 0 Å². The van der Waals surface area contributed by atoms with Crippen LogP contribution in [0.4, 0.5) is 0 Å². The molecule has 2 aliphatic rings. The zero-order chi connectivity index (χ0) is 13.9. The van der Waals surface area contributed by atoms with E-state index in [0.29, 0.717) is 0 Å². The van der Waals surface area contributed by atoms with Crippen LogP contribution in [0.15, 0.2) is 10.5 Å². The summed E-state index contributed by atoms with van der Waals surface area (Å²) in [5, 5.41) is 3.40. The van der Waals surface area contributed by atoms with E-state index in [1.54, 1.807) is 7.11 Å². The van der Waals surface area contributed by atoms with Crippen LogP contribution in [0.5, 0.6) is 5.75 Å². The van der Waals surface area contributed by atoms with Gasteiger partial charge in [0, 0.05) is 32.7 Å². The first kappa shape index (κ1) is 14.4. The van der Waals surface area contributed by atoms with Crippen molar-refractivity contribution in [3.63, 3.8) is 0 Å². The highest BCUT2D eigenvalue weighted by atomic mass is 79.9. The van der Waals surface area contributed by atoms with Crippen LogP contribution in [0.3, 0.4) is 0 Å². The molecule has 0 amide bonds. The van der Waals surface area contributed by atoms with Crippen molar-refractivity contribution in [2.75, 3.05) is 39.8 Å². The highest BCUT2D eigenvalue weighted by molar-refractivity contribution is 9.10. The molecule has 0 bridgehead atoms. The number of fused-ring (bicyclic) bond motifs is 1. The van der Waals surface area contributed by atoms with Crippen molar-refractivity contribution in [2.24, 2.45) is 0 Å². The maximum atomic E-state index is 5.66. The van der Waals surface area contributed by atoms with Gasteiger partial charge in [0.05, 0.1) is 11.6 Å². The topological polar surface area (TPSA) is 24.5 Å². The first-order valence-electron chi connectivity index (χ1n) is 7.60. The molecule has 1 heterocycles. The molecule has 1 fully saturated rings. The molecule has 1 aromatic rings. The normalized spacial score (nSPS) is 19.1. The molecular weight excluding hydrogens is 316 g/mol. The fourth-order valence-electron chi connectivity index (χ4n) is 3.35. The van der Waals surface area contributed by atoms with Gasteiger partial charge in [0.2, 0.25) is 0 Å². The highest BCUT2D eigenvalue weighted by Gasteiger charge is 2.21. The average molecular weight is 339 g/mol. The van der Waals surface area contributed by atoms with Gasteiger partial charge in [0.15, 0.2) is 0 Å². The molecule has 1 aliphatic carbocycles. The Labute approximate surface area is 129 Å². The Kier molecular flexibility index (Phi) is 4.64. The smallest absolute Gasteiger partial charge is 0.136 e. The van der Waals surface area contributed by atoms with E-state index in [2.05, 4.69) is 32.2 Å². The Morgan fingerprint density at radius 3 is 2.85 bits per heavy atom. The summed E-state index contributed by atoms with van der Waals surface area (Å²) in [6, 6.07) is 2.38. The predicted octanol–water partition coefficient (Wildman–Crippen LogP) is 2.39. The summed E-state index contributed by atoms with van der Waals surface area (Å²) in [6.07, 6.45) is 4.76. The number of nitrogens with one attached hydrogen (secondary N) is 1. The highest BCUT2D eigenvalue weighted by Crippen LogP contribution is 2.39. The lowest BCUT2D eigenvalue weighted by Crippen LogP contribution is -2.44. The minimum Gasteiger partial charge on any atom is -0.495 e. The lowest BCUT2D eigenvalue weighted by molar-refractivity contribution is 0.243. The Morgan fingerprint density at radius 2 is 2.10 bits per heavy atom. The molecular formula is C16H23BrN2O. The number of aryl methyl sites for hydroxylation is 1. The van der Waals surface area contributed by atoms with Crippen LogP contribution in [0, 0.1) is 0 Å². The molecule has 0 unspecified atom stereocenters. The van der Waals surface area contributed by atoms with E-state index < -0.39 is 0 Å². The number of nitrogens with zero attached hydrogens (tertiary/aromatic N) is 1. The van der Waals surface area contributed by atoms with Crippen molar-refractivity contribution in [3.8, 4) is 5.75 Å². The summed E-state index contributed by atoms with van der Waals surface area (Å²) in [5.74, 6) is 1.06. The Hall–Kier alpha value is -0.580. The van der Waals surface area contributed by atoms with Gasteiger partial charge in [-0.25, -0.2) is 0 Å². The summed E-state index contributed by atoms with van der Waals surface area (Å²) in [4.78, 5) is 2.54. The number of piperazine rings is 1. The molecule has 3 nitrogen and oxygen atoms in total. The van der Waals surface area contributed by atoms with Crippen LogP contribution >= 0.6 is 15.9 Å². The van der Waals surface area contributed by atoms with Crippen LogP contribution < -0.4 is 10.1 Å². The second kappa shape index (κ2) is 6.46. The lowest BCUT2D eigenvalue weighted by Gasteiger charge is -2.27. The van der Waals surface area contributed by atoms with Crippen LogP contribution in [-0.2, 0) is 19.3 Å². The zero-order valence-corrected chi connectivity index (χ0v) is 13.8. The summed E-state index contributed by atoms with van der Waals surface area (Å²) in [6.45, 7) is 5.68. The molecule has 1 saturated heterocycles. The van der Waals surface area contributed by atoms with E-state index in [1.807, 2.05) is 0 Å². The quantitative estimate of drug-likeness (QED) is 0.912. The number of benzene rings is 1. The third kappa shape index (κ3) is 2.87. The van der Waals surface area contributed by atoms with Crippen molar-refractivity contribution in [3.05, 3.63) is 27.2 Å². The van der Waals surface area contributed by atoms with Gasteiger partial charge < -0.3 is 15.0 Å². The number of methoxy groups -OCH3 is 1. The molecule has 0 atom stereocenters. The van der Waals surface area contributed by atoms with Gasteiger partial charge in [0.25, 0.3) is 0 Å². The molecule has 1 aromatic carbocycles. The van der Waals surface area contributed by atoms with Crippen molar-refractivity contribution in [1.29, 1.82) is 0 Å². The fourth-order valence-corrected chi connectivity index (χ4v) is 4.22. The maximum absolute atomic E-state index is 5.66. The maximum Gasteiger partial charge on any atom is 0.136 e. The van der Waals surface area contributed by atoms with Crippen LogP contribution in [0.2, 0.25) is 0 Å². The molecule has 1 aliphatic heterocycles. The minimum atomic E-state index is 1.06. The van der Waals surface area contributed by atoms with Gasteiger partial charge in [0.1, 0.15) is 5.75 Å². The molecule has 0 radical (unpaired) electrons. The standard InChI is InChI=1S/C16H23BrN2O/c1-20-16-13(5-8-19-9-6-18-7-10-19)11-12-3-2-4-14(12)15(16)17/h11,18H,2-10H2,1H3. The van der Waals surface area contributed by atoms with E-state index in [4.69, 9.17) is 4.74 Å². The van der Waals surface area contributed by atoms with Gasteiger partial charge in [-0.2, -0.15) is 0 Å². The van der Waals surface area contributed by atoms with E-state index in [0.717, 1.165) is 44.9 Å². The Bertz CT molecular complexity index is 484. The molecule has 0 spiro atoms.